The van der Waals surface area contributed by atoms with Gasteiger partial charge in [-0.15, -0.1) is 0 Å². The van der Waals surface area contributed by atoms with E-state index in [1.807, 2.05) is 0 Å². The molecule has 0 aromatic rings. The Morgan fingerprint density at radius 3 is 2.41 bits per heavy atom. The Morgan fingerprint density at radius 1 is 1.06 bits per heavy atom. The van der Waals surface area contributed by atoms with Gasteiger partial charge in [0.25, 0.3) is 0 Å². The summed E-state index contributed by atoms with van der Waals surface area (Å²) in [5.41, 5.74) is 0. The summed E-state index contributed by atoms with van der Waals surface area (Å²) in [6.07, 6.45) is 2.53. The van der Waals surface area contributed by atoms with Gasteiger partial charge in [-0.05, 0) is 32.5 Å². The van der Waals surface area contributed by atoms with Crippen LogP contribution in [0.3, 0.4) is 0 Å². The lowest BCUT2D eigenvalue weighted by atomic mass is 9.97. The lowest BCUT2D eigenvalue weighted by Crippen LogP contribution is -2.43. The van der Waals surface area contributed by atoms with Crippen molar-refractivity contribution in [3.63, 3.8) is 0 Å². The first-order valence-electron chi connectivity index (χ1n) is 7.02. The topological polar surface area (TPSA) is 18.5 Å². The minimum absolute atomic E-state index is 0.653. The molecule has 17 heavy (non-hydrogen) atoms. The van der Waals surface area contributed by atoms with Gasteiger partial charge in [-0.25, -0.2) is 0 Å². The van der Waals surface area contributed by atoms with E-state index in [4.69, 9.17) is 0 Å². The number of likely N-dealkylation sites (tertiary alicyclic amines) is 1. The molecule has 1 N–H and O–H groups in total. The quantitative estimate of drug-likeness (QED) is 0.708. The van der Waals surface area contributed by atoms with Crippen LogP contribution in [0, 0.1) is 17.8 Å². The van der Waals surface area contributed by atoms with E-state index in [1.165, 1.54) is 32.5 Å². The Bertz CT molecular complexity index is 265. The van der Waals surface area contributed by atoms with Crippen LogP contribution in [0.4, 0.5) is 0 Å². The van der Waals surface area contributed by atoms with Crippen molar-refractivity contribution >= 4 is 0 Å². The van der Waals surface area contributed by atoms with Crippen LogP contribution in [-0.4, -0.2) is 62.2 Å². The van der Waals surface area contributed by atoms with E-state index in [9.17, 15) is 0 Å². The summed E-state index contributed by atoms with van der Waals surface area (Å²) in [6.45, 7) is 11.4. The molecule has 2 rings (SSSR count). The molecule has 0 unspecified atom stereocenters. The van der Waals surface area contributed by atoms with Crippen LogP contribution in [-0.2, 0) is 0 Å². The number of nitrogens with one attached hydrogen (secondary N) is 1. The van der Waals surface area contributed by atoms with Crippen molar-refractivity contribution < 1.29 is 0 Å². The van der Waals surface area contributed by atoms with Crippen molar-refractivity contribution in [2.45, 2.75) is 19.8 Å². The smallest absolute Gasteiger partial charge is 0.0602 e. The zero-order valence-corrected chi connectivity index (χ0v) is 11.0. The van der Waals surface area contributed by atoms with Crippen molar-refractivity contribution in [3.8, 4) is 11.8 Å². The lowest BCUT2D eigenvalue weighted by Gasteiger charge is -2.28. The van der Waals surface area contributed by atoms with E-state index in [0.717, 1.165) is 32.7 Å². The monoisotopic (exact) mass is 235 g/mol. The maximum absolute atomic E-state index is 3.47. The SMILES string of the molecule is CCN1CCC(C#CCN2CCNCC2)CC1. The molecule has 0 bridgehead atoms. The standard InChI is InChI=1S/C14H25N3/c1-2-16-10-5-14(6-11-16)4-3-9-17-12-7-15-8-13-17/h14-15H,2,5-13H2,1H3. The molecule has 0 radical (unpaired) electrons. The van der Waals surface area contributed by atoms with E-state index < -0.39 is 0 Å². The molecule has 0 aliphatic carbocycles. The van der Waals surface area contributed by atoms with Gasteiger partial charge in [0.05, 0.1) is 6.54 Å². The molecule has 2 saturated heterocycles. The highest BCUT2D eigenvalue weighted by Crippen LogP contribution is 2.15. The number of piperidine rings is 1. The molecule has 2 aliphatic rings. The molecule has 0 saturated carbocycles. The fourth-order valence-corrected chi connectivity index (χ4v) is 2.56. The summed E-state index contributed by atoms with van der Waals surface area (Å²) in [7, 11) is 0. The number of hydrogen-bond donors (Lipinski definition) is 1. The van der Waals surface area contributed by atoms with E-state index in [0.29, 0.717) is 5.92 Å². The first kappa shape index (κ1) is 12.9. The third-order valence-corrected chi connectivity index (χ3v) is 3.85. The highest BCUT2D eigenvalue weighted by molar-refractivity contribution is 5.06. The molecule has 3 heteroatoms. The average molecular weight is 235 g/mol. The van der Waals surface area contributed by atoms with Crippen molar-refractivity contribution in [2.24, 2.45) is 5.92 Å². The van der Waals surface area contributed by atoms with Crippen LogP contribution in [0.25, 0.3) is 0 Å². The zero-order chi connectivity index (χ0) is 11.9. The Morgan fingerprint density at radius 2 is 1.76 bits per heavy atom. The number of nitrogens with zero attached hydrogens (tertiary/aromatic N) is 2. The van der Waals surface area contributed by atoms with Crippen LogP contribution >= 0.6 is 0 Å². The van der Waals surface area contributed by atoms with Gasteiger partial charge < -0.3 is 10.2 Å². The third kappa shape index (κ3) is 4.31. The lowest BCUT2D eigenvalue weighted by molar-refractivity contribution is 0.216. The number of rotatable bonds is 2. The zero-order valence-electron chi connectivity index (χ0n) is 11.0. The normalized spacial score (nSPS) is 24.3. The predicted octanol–water partition coefficient (Wildman–Crippen LogP) is 0.627. The van der Waals surface area contributed by atoms with E-state index in [-0.39, 0.29) is 0 Å². The van der Waals surface area contributed by atoms with Gasteiger partial charge in [0.1, 0.15) is 0 Å². The van der Waals surface area contributed by atoms with E-state index in [1.54, 1.807) is 0 Å². The molecule has 2 aliphatic heterocycles. The second-order valence-corrected chi connectivity index (χ2v) is 5.06. The van der Waals surface area contributed by atoms with E-state index >= 15 is 0 Å². The van der Waals surface area contributed by atoms with E-state index in [2.05, 4.69) is 33.9 Å². The van der Waals surface area contributed by atoms with Crippen molar-refractivity contribution in [1.29, 1.82) is 0 Å². The summed E-state index contributed by atoms with van der Waals surface area (Å²) >= 11 is 0. The molecule has 96 valence electrons. The Kier molecular flexibility index (Phi) is 5.31. The molecule has 2 fully saturated rings. The Balaban J connectivity index is 1.67. The highest BCUT2D eigenvalue weighted by Gasteiger charge is 2.15. The van der Waals surface area contributed by atoms with Gasteiger partial charge in [-0.1, -0.05) is 18.8 Å². The molecular weight excluding hydrogens is 210 g/mol. The maximum Gasteiger partial charge on any atom is 0.0602 e. The largest absolute Gasteiger partial charge is 0.314 e. The van der Waals surface area contributed by atoms with Crippen molar-refractivity contribution in [3.05, 3.63) is 0 Å². The Labute approximate surface area is 106 Å². The molecule has 2 heterocycles. The van der Waals surface area contributed by atoms with Gasteiger partial charge in [0.2, 0.25) is 0 Å². The molecule has 0 atom stereocenters. The molecule has 0 aromatic carbocycles. The summed E-state index contributed by atoms with van der Waals surface area (Å²) in [4.78, 5) is 4.97. The van der Waals surface area contributed by atoms with Gasteiger partial charge in [-0.3, -0.25) is 4.90 Å². The van der Waals surface area contributed by atoms with Crippen molar-refractivity contribution in [1.82, 2.24) is 15.1 Å². The maximum atomic E-state index is 3.47. The van der Waals surface area contributed by atoms with Crippen LogP contribution in [0.2, 0.25) is 0 Å². The first-order chi connectivity index (χ1) is 8.38. The minimum Gasteiger partial charge on any atom is -0.314 e. The highest BCUT2D eigenvalue weighted by atomic mass is 15.2. The fourth-order valence-electron chi connectivity index (χ4n) is 2.56. The molecular formula is C14H25N3. The van der Waals surface area contributed by atoms with Gasteiger partial charge in [0.15, 0.2) is 0 Å². The number of hydrogen-bond acceptors (Lipinski definition) is 3. The summed E-state index contributed by atoms with van der Waals surface area (Å²) < 4.78 is 0. The second kappa shape index (κ2) is 7.00. The first-order valence-corrected chi connectivity index (χ1v) is 7.02. The fraction of sp³-hybridized carbons (Fsp3) is 0.857. The molecule has 0 spiro atoms. The molecule has 3 nitrogen and oxygen atoms in total. The van der Waals surface area contributed by atoms with Gasteiger partial charge in [-0.2, -0.15) is 0 Å². The van der Waals surface area contributed by atoms with Gasteiger partial charge in [0, 0.05) is 32.1 Å². The summed E-state index contributed by atoms with van der Waals surface area (Å²) in [5.74, 6) is 7.52. The van der Waals surface area contributed by atoms with Crippen LogP contribution in [0.15, 0.2) is 0 Å². The van der Waals surface area contributed by atoms with Crippen molar-refractivity contribution in [2.75, 3.05) is 52.4 Å². The average Bonchev–Trinajstić information content (AvgIpc) is 2.41. The third-order valence-electron chi connectivity index (χ3n) is 3.85. The Hall–Kier alpha value is -0.560. The summed E-state index contributed by atoms with van der Waals surface area (Å²) in [5, 5.41) is 3.37. The molecule has 0 aromatic heterocycles. The minimum atomic E-state index is 0.653. The molecule has 0 amide bonds. The van der Waals surface area contributed by atoms with Gasteiger partial charge >= 0.3 is 0 Å². The number of piperazine rings is 1. The van der Waals surface area contributed by atoms with Crippen LogP contribution in [0.1, 0.15) is 19.8 Å². The second-order valence-electron chi connectivity index (χ2n) is 5.06. The van der Waals surface area contributed by atoms with Crippen LogP contribution in [0.5, 0.6) is 0 Å². The predicted molar refractivity (Wildman–Crippen MR) is 71.9 cm³/mol. The summed E-state index contributed by atoms with van der Waals surface area (Å²) in [6, 6.07) is 0. The van der Waals surface area contributed by atoms with Crippen LogP contribution < -0.4 is 5.32 Å².